The molecular formula is C13H20N2O. The first kappa shape index (κ1) is 12.7. The maximum absolute atomic E-state index is 8.36. The highest BCUT2D eigenvalue weighted by molar-refractivity contribution is 5.59. The Kier molecular flexibility index (Phi) is 4.50. The van der Waals surface area contributed by atoms with Gasteiger partial charge in [0.15, 0.2) is 0 Å². The van der Waals surface area contributed by atoms with Gasteiger partial charge in [-0.25, -0.2) is 4.99 Å². The highest BCUT2D eigenvalue weighted by atomic mass is 16.5. The number of benzene rings is 1. The van der Waals surface area contributed by atoms with Crippen molar-refractivity contribution in [2.45, 2.75) is 33.6 Å². The third kappa shape index (κ3) is 4.94. The summed E-state index contributed by atoms with van der Waals surface area (Å²) in [5, 5.41) is 8.36. The van der Waals surface area contributed by atoms with E-state index in [1.54, 1.807) is 0 Å². The lowest BCUT2D eigenvalue weighted by atomic mass is 9.89. The van der Waals surface area contributed by atoms with Crippen molar-refractivity contribution in [1.82, 2.24) is 5.48 Å². The van der Waals surface area contributed by atoms with Gasteiger partial charge < -0.3 is 0 Å². The molecule has 0 aliphatic heterocycles. The molecule has 0 aromatic heterocycles. The lowest BCUT2D eigenvalue weighted by molar-refractivity contribution is 0.240. The van der Waals surface area contributed by atoms with Crippen LogP contribution in [-0.2, 0) is 6.42 Å². The highest BCUT2D eigenvalue weighted by Gasteiger charge is 2.09. The number of nitrogens with one attached hydrogen (secondary N) is 1. The molecule has 0 heterocycles. The minimum Gasteiger partial charge on any atom is -0.290 e. The third-order valence-electron chi connectivity index (χ3n) is 2.37. The standard InChI is InChI=1S/C13H20N2O/c1-13(2,3)9-8-11-4-6-12(7-5-11)14-10-15-16/h4-7,10,16H,8-9H2,1-3H3,(H,14,15). The summed E-state index contributed by atoms with van der Waals surface area (Å²) >= 11 is 0. The lowest BCUT2D eigenvalue weighted by Gasteiger charge is -2.17. The van der Waals surface area contributed by atoms with Gasteiger partial charge in [0, 0.05) is 0 Å². The molecule has 1 aromatic carbocycles. The van der Waals surface area contributed by atoms with Crippen LogP contribution < -0.4 is 5.48 Å². The molecular weight excluding hydrogens is 200 g/mol. The summed E-state index contributed by atoms with van der Waals surface area (Å²) in [6, 6.07) is 8.06. The Morgan fingerprint density at radius 1 is 1.25 bits per heavy atom. The minimum absolute atomic E-state index is 0.373. The fourth-order valence-corrected chi connectivity index (χ4v) is 1.37. The average Bonchev–Trinajstić information content (AvgIpc) is 2.24. The highest BCUT2D eigenvalue weighted by Crippen LogP contribution is 2.22. The van der Waals surface area contributed by atoms with Crippen molar-refractivity contribution in [3.63, 3.8) is 0 Å². The van der Waals surface area contributed by atoms with Gasteiger partial charge in [0.2, 0.25) is 0 Å². The normalized spacial score (nSPS) is 12.0. The van der Waals surface area contributed by atoms with Crippen LogP contribution in [0.4, 0.5) is 5.69 Å². The largest absolute Gasteiger partial charge is 0.290 e. The van der Waals surface area contributed by atoms with Crippen LogP contribution in [0.15, 0.2) is 29.3 Å². The predicted molar refractivity (Wildman–Crippen MR) is 67.3 cm³/mol. The number of nitrogens with zero attached hydrogens (tertiary/aromatic N) is 1. The van der Waals surface area contributed by atoms with Crippen LogP contribution in [-0.4, -0.2) is 11.5 Å². The maximum Gasteiger partial charge on any atom is 0.113 e. The van der Waals surface area contributed by atoms with Crippen molar-refractivity contribution in [3.05, 3.63) is 29.8 Å². The molecule has 0 fully saturated rings. The van der Waals surface area contributed by atoms with Crippen molar-refractivity contribution in [3.8, 4) is 0 Å². The van der Waals surface area contributed by atoms with E-state index in [-0.39, 0.29) is 0 Å². The number of hydrogen-bond acceptors (Lipinski definition) is 2. The fraction of sp³-hybridized carbons (Fsp3) is 0.462. The smallest absolute Gasteiger partial charge is 0.113 e. The van der Waals surface area contributed by atoms with E-state index >= 15 is 0 Å². The molecule has 88 valence electrons. The van der Waals surface area contributed by atoms with Crippen molar-refractivity contribution >= 4 is 12.0 Å². The Labute approximate surface area is 97.2 Å². The molecule has 0 amide bonds. The molecule has 0 unspecified atom stereocenters. The van der Waals surface area contributed by atoms with Crippen LogP contribution in [0.5, 0.6) is 0 Å². The summed E-state index contributed by atoms with van der Waals surface area (Å²) in [6.07, 6.45) is 3.52. The first-order valence-electron chi connectivity index (χ1n) is 5.52. The van der Waals surface area contributed by atoms with Gasteiger partial charge in [0.1, 0.15) is 6.34 Å². The van der Waals surface area contributed by atoms with Gasteiger partial charge in [-0.2, -0.15) is 0 Å². The van der Waals surface area contributed by atoms with Gasteiger partial charge in [0.25, 0.3) is 0 Å². The van der Waals surface area contributed by atoms with E-state index in [9.17, 15) is 0 Å². The molecule has 0 spiro atoms. The van der Waals surface area contributed by atoms with E-state index in [1.807, 2.05) is 17.6 Å². The fourth-order valence-electron chi connectivity index (χ4n) is 1.37. The minimum atomic E-state index is 0.373. The van der Waals surface area contributed by atoms with E-state index in [2.05, 4.69) is 37.9 Å². The van der Waals surface area contributed by atoms with Crippen LogP contribution in [0.1, 0.15) is 32.8 Å². The number of hydroxylamine groups is 1. The van der Waals surface area contributed by atoms with Crippen LogP contribution >= 0.6 is 0 Å². The van der Waals surface area contributed by atoms with Gasteiger partial charge >= 0.3 is 0 Å². The van der Waals surface area contributed by atoms with Gasteiger partial charge in [-0.15, -0.1) is 0 Å². The molecule has 0 aliphatic carbocycles. The van der Waals surface area contributed by atoms with Crippen molar-refractivity contribution < 1.29 is 5.21 Å². The first-order valence-corrected chi connectivity index (χ1v) is 5.52. The lowest BCUT2D eigenvalue weighted by Crippen LogP contribution is -2.06. The average molecular weight is 220 g/mol. The monoisotopic (exact) mass is 220 g/mol. The molecule has 3 heteroatoms. The first-order chi connectivity index (χ1) is 7.51. The Hall–Kier alpha value is -1.35. The van der Waals surface area contributed by atoms with Crippen LogP contribution in [0.3, 0.4) is 0 Å². The Balaban J connectivity index is 2.55. The quantitative estimate of drug-likeness (QED) is 0.464. The summed E-state index contributed by atoms with van der Waals surface area (Å²) < 4.78 is 0. The number of hydrogen-bond donors (Lipinski definition) is 2. The summed E-state index contributed by atoms with van der Waals surface area (Å²) in [6.45, 7) is 6.75. The zero-order chi connectivity index (χ0) is 12.0. The topological polar surface area (TPSA) is 44.6 Å². The SMILES string of the molecule is CC(C)(C)CCc1ccc(N=CNO)cc1. The molecule has 0 aliphatic rings. The van der Waals surface area contributed by atoms with Crippen LogP contribution in [0.2, 0.25) is 0 Å². The molecule has 1 rings (SSSR count). The molecule has 0 saturated heterocycles. The zero-order valence-corrected chi connectivity index (χ0v) is 10.2. The molecule has 2 N–H and O–H groups in total. The van der Waals surface area contributed by atoms with Crippen LogP contribution in [0.25, 0.3) is 0 Å². The Bertz CT molecular complexity index is 336. The molecule has 0 radical (unpaired) electrons. The third-order valence-corrected chi connectivity index (χ3v) is 2.37. The predicted octanol–water partition coefficient (Wildman–Crippen LogP) is 3.30. The maximum atomic E-state index is 8.36. The van der Waals surface area contributed by atoms with Gasteiger partial charge in [0.05, 0.1) is 5.69 Å². The van der Waals surface area contributed by atoms with E-state index < -0.39 is 0 Å². The summed E-state index contributed by atoms with van der Waals surface area (Å²) in [7, 11) is 0. The molecule has 16 heavy (non-hydrogen) atoms. The molecule has 3 nitrogen and oxygen atoms in total. The molecule has 1 aromatic rings. The van der Waals surface area contributed by atoms with E-state index in [1.165, 1.54) is 18.3 Å². The number of aryl methyl sites for hydroxylation is 1. The summed E-state index contributed by atoms with van der Waals surface area (Å²) in [5.41, 5.74) is 4.42. The second-order valence-corrected chi connectivity index (χ2v) is 5.11. The molecule has 0 bridgehead atoms. The van der Waals surface area contributed by atoms with E-state index in [4.69, 9.17) is 5.21 Å². The van der Waals surface area contributed by atoms with Crippen molar-refractivity contribution in [2.24, 2.45) is 10.4 Å². The number of rotatable bonds is 4. The summed E-state index contributed by atoms with van der Waals surface area (Å²) in [5.74, 6) is 0. The van der Waals surface area contributed by atoms with Crippen molar-refractivity contribution in [2.75, 3.05) is 0 Å². The second-order valence-electron chi connectivity index (χ2n) is 5.11. The molecule has 0 atom stereocenters. The van der Waals surface area contributed by atoms with Crippen LogP contribution in [0, 0.1) is 5.41 Å². The van der Waals surface area contributed by atoms with Gasteiger partial charge in [-0.3, -0.25) is 10.7 Å². The van der Waals surface area contributed by atoms with Crippen molar-refractivity contribution in [1.29, 1.82) is 0 Å². The Morgan fingerprint density at radius 2 is 1.88 bits per heavy atom. The Morgan fingerprint density at radius 3 is 2.38 bits per heavy atom. The number of aliphatic imine (C=N–C) groups is 1. The van der Waals surface area contributed by atoms with E-state index in [0.717, 1.165) is 12.1 Å². The van der Waals surface area contributed by atoms with Gasteiger partial charge in [-0.1, -0.05) is 32.9 Å². The second kappa shape index (κ2) is 5.66. The van der Waals surface area contributed by atoms with Gasteiger partial charge in [-0.05, 0) is 36.0 Å². The van der Waals surface area contributed by atoms with E-state index in [0.29, 0.717) is 5.41 Å². The molecule has 0 saturated carbocycles. The zero-order valence-electron chi connectivity index (χ0n) is 10.2. The summed E-state index contributed by atoms with van der Waals surface area (Å²) in [4.78, 5) is 3.99.